The average molecular weight is 537 g/mol. The second-order valence-electron chi connectivity index (χ2n) is 12.2. The Kier molecular flexibility index (Phi) is 10.2. The summed E-state index contributed by atoms with van der Waals surface area (Å²) < 4.78 is 5.10. The highest BCUT2D eigenvalue weighted by molar-refractivity contribution is 5.89. The average Bonchev–Trinajstić information content (AvgIpc) is 2.87. The Hall–Kier alpha value is -2.29. The predicted octanol–water partition coefficient (Wildman–Crippen LogP) is 3.85. The zero-order chi connectivity index (χ0) is 28.0. The third-order valence-corrected chi connectivity index (χ3v) is 7.89. The molecular formula is C32H48N4O3. The highest BCUT2D eigenvalue weighted by Gasteiger charge is 2.29. The van der Waals surface area contributed by atoms with Crippen LogP contribution in [0, 0.1) is 0 Å². The first kappa shape index (κ1) is 29.7. The van der Waals surface area contributed by atoms with Gasteiger partial charge in [0.1, 0.15) is 0 Å². The molecule has 2 aromatic rings. The number of piperazine rings is 2. The van der Waals surface area contributed by atoms with Gasteiger partial charge in [0, 0.05) is 77.5 Å². The molecule has 2 aromatic carbocycles. The van der Waals surface area contributed by atoms with Crippen molar-refractivity contribution in [2.45, 2.75) is 71.9 Å². The van der Waals surface area contributed by atoms with Crippen molar-refractivity contribution in [3.63, 3.8) is 0 Å². The van der Waals surface area contributed by atoms with Crippen LogP contribution >= 0.6 is 0 Å². The third-order valence-electron chi connectivity index (χ3n) is 7.89. The summed E-state index contributed by atoms with van der Waals surface area (Å²) in [5.74, 6) is -0.256. The Morgan fingerprint density at radius 3 is 2.00 bits per heavy atom. The van der Waals surface area contributed by atoms with Crippen LogP contribution in [-0.2, 0) is 24.4 Å². The fourth-order valence-electron chi connectivity index (χ4n) is 6.07. The number of carbonyl (C=O) groups is 1. The minimum absolute atomic E-state index is 0.256. The first-order valence-electron chi connectivity index (χ1n) is 14.6. The van der Waals surface area contributed by atoms with E-state index >= 15 is 0 Å². The van der Waals surface area contributed by atoms with Crippen LogP contribution in [-0.4, -0.2) is 101 Å². The van der Waals surface area contributed by atoms with E-state index in [0.717, 1.165) is 65.4 Å². The number of hydrogen-bond donors (Lipinski definition) is 1. The van der Waals surface area contributed by atoms with Gasteiger partial charge >= 0.3 is 5.97 Å². The van der Waals surface area contributed by atoms with Crippen molar-refractivity contribution in [3.05, 3.63) is 70.8 Å². The molecular weight excluding hydrogens is 488 g/mol. The van der Waals surface area contributed by atoms with Crippen LogP contribution in [0.3, 0.4) is 0 Å². The van der Waals surface area contributed by atoms with E-state index in [0.29, 0.717) is 24.3 Å². The van der Waals surface area contributed by atoms with E-state index < -0.39 is 5.60 Å². The molecule has 7 nitrogen and oxygen atoms in total. The maximum absolute atomic E-state index is 11.9. The molecule has 2 saturated heterocycles. The van der Waals surface area contributed by atoms with Gasteiger partial charge in [-0.3, -0.25) is 19.6 Å². The van der Waals surface area contributed by atoms with Gasteiger partial charge in [0.2, 0.25) is 0 Å². The number of rotatable bonds is 10. The number of aliphatic hydroxyl groups is 1. The highest BCUT2D eigenvalue weighted by Crippen LogP contribution is 2.22. The molecule has 2 fully saturated rings. The van der Waals surface area contributed by atoms with Crippen LogP contribution in [0.2, 0.25) is 0 Å². The Balaban J connectivity index is 1.27. The fourth-order valence-corrected chi connectivity index (χ4v) is 6.07. The van der Waals surface area contributed by atoms with Gasteiger partial charge in [0.15, 0.2) is 0 Å². The number of β-amino-alcohol motifs (C(OH)–C–C–N with tert-alkyl or cyclic N) is 1. The molecule has 2 aliphatic rings. The molecule has 214 valence electrons. The van der Waals surface area contributed by atoms with E-state index in [4.69, 9.17) is 4.74 Å². The summed E-state index contributed by atoms with van der Waals surface area (Å²) in [4.78, 5) is 22.0. The molecule has 39 heavy (non-hydrogen) atoms. The Labute approximate surface area is 235 Å². The number of esters is 1. The number of benzene rings is 2. The SMILES string of the molecule is CCOC(=O)c1ccc(CN2C[C@@H](C)N(Cc3cccc(CN4CCN(CC(C)(C)O)CC4)c3)[C@@H](C)C2)cc1. The van der Waals surface area contributed by atoms with E-state index in [2.05, 4.69) is 57.7 Å². The van der Waals surface area contributed by atoms with Gasteiger partial charge < -0.3 is 9.84 Å². The van der Waals surface area contributed by atoms with Crippen LogP contribution in [0.25, 0.3) is 0 Å². The van der Waals surface area contributed by atoms with Gasteiger partial charge in [-0.05, 0) is 63.4 Å². The van der Waals surface area contributed by atoms with Crippen molar-refractivity contribution >= 4 is 5.97 Å². The largest absolute Gasteiger partial charge is 0.462 e. The molecule has 0 spiro atoms. The summed E-state index contributed by atoms with van der Waals surface area (Å²) >= 11 is 0. The van der Waals surface area contributed by atoms with Crippen molar-refractivity contribution in [1.82, 2.24) is 19.6 Å². The number of hydrogen-bond acceptors (Lipinski definition) is 7. The van der Waals surface area contributed by atoms with Gasteiger partial charge in [-0.2, -0.15) is 0 Å². The topological polar surface area (TPSA) is 59.5 Å². The summed E-state index contributed by atoms with van der Waals surface area (Å²) in [6.07, 6.45) is 0. The Morgan fingerprint density at radius 1 is 0.846 bits per heavy atom. The molecule has 0 radical (unpaired) electrons. The number of carbonyl (C=O) groups excluding carboxylic acids is 1. The lowest BCUT2D eigenvalue weighted by Gasteiger charge is -2.44. The minimum Gasteiger partial charge on any atom is -0.462 e. The van der Waals surface area contributed by atoms with Crippen LogP contribution in [0.15, 0.2) is 48.5 Å². The number of nitrogens with zero attached hydrogens (tertiary/aromatic N) is 4. The van der Waals surface area contributed by atoms with E-state index in [-0.39, 0.29) is 5.97 Å². The van der Waals surface area contributed by atoms with E-state index in [1.54, 1.807) is 0 Å². The van der Waals surface area contributed by atoms with Gasteiger partial charge in [0.05, 0.1) is 17.8 Å². The molecule has 0 aliphatic carbocycles. The molecule has 0 unspecified atom stereocenters. The van der Waals surface area contributed by atoms with Crippen molar-refractivity contribution in [2.24, 2.45) is 0 Å². The number of ether oxygens (including phenoxy) is 1. The molecule has 0 saturated carbocycles. The molecule has 0 aromatic heterocycles. The maximum atomic E-state index is 11.9. The Morgan fingerprint density at radius 2 is 1.41 bits per heavy atom. The van der Waals surface area contributed by atoms with E-state index in [9.17, 15) is 9.90 Å². The minimum atomic E-state index is -0.632. The first-order chi connectivity index (χ1) is 18.6. The molecule has 2 aliphatic heterocycles. The maximum Gasteiger partial charge on any atom is 0.338 e. The Bertz CT molecular complexity index is 1050. The predicted molar refractivity (Wildman–Crippen MR) is 157 cm³/mol. The fraction of sp³-hybridized carbons (Fsp3) is 0.594. The second-order valence-corrected chi connectivity index (χ2v) is 12.2. The summed E-state index contributed by atoms with van der Waals surface area (Å²) in [7, 11) is 0. The smallest absolute Gasteiger partial charge is 0.338 e. The van der Waals surface area contributed by atoms with Gasteiger partial charge in [-0.1, -0.05) is 36.4 Å². The summed E-state index contributed by atoms with van der Waals surface area (Å²) in [5, 5.41) is 10.1. The second kappa shape index (κ2) is 13.4. The monoisotopic (exact) mass is 536 g/mol. The summed E-state index contributed by atoms with van der Waals surface area (Å²) in [5.41, 5.74) is 3.98. The van der Waals surface area contributed by atoms with E-state index in [1.807, 2.05) is 45.0 Å². The van der Waals surface area contributed by atoms with Crippen LogP contribution < -0.4 is 0 Å². The molecule has 0 bridgehead atoms. The van der Waals surface area contributed by atoms with Crippen LogP contribution in [0.5, 0.6) is 0 Å². The summed E-state index contributed by atoms with van der Waals surface area (Å²) in [6.45, 7) is 20.4. The zero-order valence-corrected chi connectivity index (χ0v) is 24.6. The van der Waals surface area contributed by atoms with Crippen molar-refractivity contribution in [3.8, 4) is 0 Å². The lowest BCUT2D eigenvalue weighted by Crippen LogP contribution is -2.55. The van der Waals surface area contributed by atoms with Crippen LogP contribution in [0.1, 0.15) is 61.7 Å². The third kappa shape index (κ3) is 8.85. The van der Waals surface area contributed by atoms with Crippen molar-refractivity contribution in [2.75, 3.05) is 52.4 Å². The highest BCUT2D eigenvalue weighted by atomic mass is 16.5. The first-order valence-corrected chi connectivity index (χ1v) is 14.6. The van der Waals surface area contributed by atoms with Crippen molar-refractivity contribution < 1.29 is 14.6 Å². The zero-order valence-electron chi connectivity index (χ0n) is 24.6. The standard InChI is InChI=1S/C32H48N4O3/c1-6-39-31(37)30-12-10-27(11-13-30)21-35-19-25(2)36(26(3)20-35)23-29-9-7-8-28(18-29)22-33-14-16-34(17-15-33)24-32(4,5)38/h7-13,18,25-26,38H,6,14-17,19-24H2,1-5H3/t25-,26+. The lowest BCUT2D eigenvalue weighted by atomic mass is 10.0. The van der Waals surface area contributed by atoms with Crippen LogP contribution in [0.4, 0.5) is 0 Å². The molecule has 1 N–H and O–H groups in total. The lowest BCUT2D eigenvalue weighted by molar-refractivity contribution is 0.0166. The van der Waals surface area contributed by atoms with Crippen molar-refractivity contribution in [1.29, 1.82) is 0 Å². The molecule has 4 rings (SSSR count). The van der Waals surface area contributed by atoms with E-state index in [1.165, 1.54) is 16.7 Å². The quantitative estimate of drug-likeness (QED) is 0.463. The van der Waals surface area contributed by atoms with Gasteiger partial charge in [0.25, 0.3) is 0 Å². The molecule has 2 atom stereocenters. The van der Waals surface area contributed by atoms with Gasteiger partial charge in [-0.25, -0.2) is 4.79 Å². The normalized spacial score (nSPS) is 22.2. The molecule has 0 amide bonds. The summed E-state index contributed by atoms with van der Waals surface area (Å²) in [6, 6.07) is 17.9. The molecule has 2 heterocycles. The van der Waals surface area contributed by atoms with Gasteiger partial charge in [-0.15, -0.1) is 0 Å². The molecule has 7 heteroatoms.